The van der Waals surface area contributed by atoms with Crippen molar-refractivity contribution in [1.29, 1.82) is 0 Å². The van der Waals surface area contributed by atoms with Gasteiger partial charge in [-0.2, -0.15) is 18.3 Å². The number of halogens is 5. The van der Waals surface area contributed by atoms with Gasteiger partial charge in [-0.1, -0.05) is 0 Å². The van der Waals surface area contributed by atoms with Crippen LogP contribution in [0.3, 0.4) is 0 Å². The first-order chi connectivity index (χ1) is 15.6. The lowest BCUT2D eigenvalue weighted by Gasteiger charge is -2.29. The van der Waals surface area contributed by atoms with E-state index in [9.17, 15) is 22.0 Å². The minimum absolute atomic E-state index is 0.292. The number of hydrogen-bond acceptors (Lipinski definition) is 6. The van der Waals surface area contributed by atoms with Crippen LogP contribution in [0, 0.1) is 11.8 Å². The predicted octanol–water partition coefficient (Wildman–Crippen LogP) is 4.22. The summed E-state index contributed by atoms with van der Waals surface area (Å²) in [7, 11) is 0. The molecule has 2 aliphatic rings. The van der Waals surface area contributed by atoms with Gasteiger partial charge in [0.05, 0.1) is 18.0 Å². The zero-order chi connectivity index (χ0) is 23.4. The molecular formula is C21H22F5N7. The molecule has 0 spiro atoms. The molecule has 33 heavy (non-hydrogen) atoms. The molecule has 3 aromatic rings. The Labute approximate surface area is 186 Å². The molecular weight excluding hydrogens is 445 g/mol. The van der Waals surface area contributed by atoms with Gasteiger partial charge in [0.15, 0.2) is 5.65 Å². The molecule has 1 N–H and O–H groups in total. The molecule has 3 atom stereocenters. The zero-order valence-corrected chi connectivity index (χ0v) is 17.7. The molecule has 12 heteroatoms. The van der Waals surface area contributed by atoms with Crippen LogP contribution in [-0.2, 0) is 12.7 Å². The molecule has 2 fully saturated rings. The second-order valence-corrected chi connectivity index (χ2v) is 9.10. The van der Waals surface area contributed by atoms with E-state index in [0.29, 0.717) is 47.7 Å². The lowest BCUT2D eigenvalue weighted by molar-refractivity contribution is -0.137. The maximum atomic E-state index is 13.0. The Kier molecular flexibility index (Phi) is 5.13. The molecule has 5 rings (SSSR count). The van der Waals surface area contributed by atoms with Gasteiger partial charge >= 0.3 is 6.18 Å². The number of aromatic nitrogens is 5. The highest BCUT2D eigenvalue weighted by molar-refractivity contribution is 5.71. The van der Waals surface area contributed by atoms with Gasteiger partial charge in [-0.25, -0.2) is 28.4 Å². The Morgan fingerprint density at radius 2 is 1.88 bits per heavy atom. The molecule has 0 amide bonds. The lowest BCUT2D eigenvalue weighted by Crippen LogP contribution is -2.35. The van der Waals surface area contributed by atoms with Crippen LogP contribution < -0.4 is 10.2 Å². The fourth-order valence-electron chi connectivity index (χ4n) is 5.18. The van der Waals surface area contributed by atoms with E-state index in [1.54, 1.807) is 6.20 Å². The molecule has 3 aromatic heterocycles. The van der Waals surface area contributed by atoms with Crippen LogP contribution in [0.5, 0.6) is 0 Å². The van der Waals surface area contributed by atoms with Gasteiger partial charge in [0.25, 0.3) is 6.43 Å². The van der Waals surface area contributed by atoms with Gasteiger partial charge in [-0.05, 0) is 43.7 Å². The van der Waals surface area contributed by atoms with Gasteiger partial charge < -0.3 is 10.2 Å². The first-order valence-electron chi connectivity index (χ1n) is 10.6. The highest BCUT2D eigenvalue weighted by Crippen LogP contribution is 2.46. The van der Waals surface area contributed by atoms with E-state index in [1.807, 2.05) is 4.90 Å². The van der Waals surface area contributed by atoms with Crippen molar-refractivity contribution in [3.05, 3.63) is 36.3 Å². The van der Waals surface area contributed by atoms with Crippen LogP contribution in [0.25, 0.3) is 11.2 Å². The highest BCUT2D eigenvalue weighted by Gasteiger charge is 2.47. The fraction of sp³-hybridized carbons (Fsp3) is 0.524. The first-order valence-corrected chi connectivity index (χ1v) is 10.6. The second-order valence-electron chi connectivity index (χ2n) is 9.10. The molecule has 4 heterocycles. The molecule has 1 saturated carbocycles. The smallest absolute Gasteiger partial charge is 0.364 e. The van der Waals surface area contributed by atoms with Crippen LogP contribution in [0.2, 0.25) is 0 Å². The summed E-state index contributed by atoms with van der Waals surface area (Å²) < 4.78 is 65.9. The van der Waals surface area contributed by atoms with Crippen molar-refractivity contribution in [1.82, 2.24) is 24.7 Å². The topological polar surface area (TPSA) is 71.8 Å². The summed E-state index contributed by atoms with van der Waals surface area (Å²) in [5.74, 6) is 1.41. The van der Waals surface area contributed by atoms with Crippen LogP contribution in [0.4, 0.5) is 33.6 Å². The Balaban J connectivity index is 1.28. The monoisotopic (exact) mass is 467 g/mol. The molecule has 0 bridgehead atoms. The van der Waals surface area contributed by atoms with Crippen LogP contribution in [-0.4, -0.2) is 49.8 Å². The number of nitrogens with one attached hydrogen (secondary N) is 1. The van der Waals surface area contributed by atoms with Crippen molar-refractivity contribution in [3.63, 3.8) is 0 Å². The van der Waals surface area contributed by atoms with Gasteiger partial charge in [-0.15, -0.1) is 0 Å². The quantitative estimate of drug-likeness (QED) is 0.567. The Bertz CT molecular complexity index is 1150. The number of fused-ring (bicyclic) bond motifs is 2. The first kappa shape index (κ1) is 21.8. The van der Waals surface area contributed by atoms with Crippen molar-refractivity contribution in [3.8, 4) is 0 Å². The second kappa shape index (κ2) is 7.77. The van der Waals surface area contributed by atoms with Gasteiger partial charge in [0, 0.05) is 24.8 Å². The minimum Gasteiger partial charge on any atom is -0.364 e. The largest absolute Gasteiger partial charge is 0.416 e. The van der Waals surface area contributed by atoms with E-state index < -0.39 is 24.7 Å². The van der Waals surface area contributed by atoms with E-state index in [0.717, 1.165) is 29.7 Å². The molecule has 1 aliphatic carbocycles. The Hall–Kier alpha value is -3.05. The minimum atomic E-state index is -4.40. The molecule has 7 nitrogen and oxygen atoms in total. The van der Waals surface area contributed by atoms with Crippen molar-refractivity contribution >= 4 is 22.8 Å². The summed E-state index contributed by atoms with van der Waals surface area (Å²) >= 11 is 0. The summed E-state index contributed by atoms with van der Waals surface area (Å²) in [6, 6.07) is 2.08. The van der Waals surface area contributed by atoms with Crippen molar-refractivity contribution in [2.45, 2.75) is 44.5 Å². The molecule has 0 radical (unpaired) electrons. The summed E-state index contributed by atoms with van der Waals surface area (Å²) in [5.41, 5.74) is -0.252. The van der Waals surface area contributed by atoms with E-state index in [-0.39, 0.29) is 5.54 Å². The van der Waals surface area contributed by atoms with Crippen LogP contribution in [0.15, 0.2) is 30.7 Å². The summed E-state index contributed by atoms with van der Waals surface area (Å²) in [6.07, 6.45) is -1.19. The number of anilines is 2. The number of pyridine rings is 1. The van der Waals surface area contributed by atoms with E-state index in [1.165, 1.54) is 12.4 Å². The zero-order valence-electron chi connectivity index (χ0n) is 17.7. The summed E-state index contributed by atoms with van der Waals surface area (Å²) in [5, 5.41) is 7.34. The van der Waals surface area contributed by atoms with E-state index in [4.69, 9.17) is 0 Å². The summed E-state index contributed by atoms with van der Waals surface area (Å²) in [6.45, 7) is 2.77. The number of nitrogens with zero attached hydrogens (tertiary/aromatic N) is 6. The van der Waals surface area contributed by atoms with Crippen molar-refractivity contribution < 1.29 is 22.0 Å². The highest BCUT2D eigenvalue weighted by atomic mass is 19.4. The number of alkyl halides is 5. The average molecular weight is 467 g/mol. The third-order valence-electron chi connectivity index (χ3n) is 6.48. The lowest BCUT2D eigenvalue weighted by atomic mass is 9.98. The molecule has 0 aromatic carbocycles. The Morgan fingerprint density at radius 1 is 1.15 bits per heavy atom. The summed E-state index contributed by atoms with van der Waals surface area (Å²) in [4.78, 5) is 14.8. The maximum absolute atomic E-state index is 13.0. The van der Waals surface area contributed by atoms with Crippen LogP contribution >= 0.6 is 0 Å². The molecule has 1 saturated heterocycles. The number of hydrogen-bond donors (Lipinski definition) is 1. The third-order valence-corrected chi connectivity index (χ3v) is 6.48. The SMILES string of the molecule is C[C@]1(Nc2cnc3cnn(CC(F)F)c3n2)C[C@H]2CN(c3cc(C(F)(F)F)ccn3)C[C@H]2C1. The predicted molar refractivity (Wildman–Crippen MR) is 111 cm³/mol. The van der Waals surface area contributed by atoms with Crippen LogP contribution in [0.1, 0.15) is 25.3 Å². The van der Waals surface area contributed by atoms with Gasteiger partial charge in [0.2, 0.25) is 0 Å². The average Bonchev–Trinajstić information content (AvgIpc) is 3.39. The maximum Gasteiger partial charge on any atom is 0.416 e. The van der Waals surface area contributed by atoms with Gasteiger partial charge in [-0.3, -0.25) is 0 Å². The molecule has 0 unspecified atom stereocenters. The standard InChI is InChI=1S/C21H22F5N7/c1-20(31-17-8-28-15-7-29-33(11-16(22)23)19(15)30-17)5-12-9-32(10-13(12)6-20)18-4-14(2-3-27-18)21(24,25)26/h2-4,7-8,12-13,16H,5-6,9-11H2,1H3,(H,30,31)/t12-,13+,20-. The Morgan fingerprint density at radius 3 is 2.55 bits per heavy atom. The van der Waals surface area contributed by atoms with Crippen molar-refractivity contribution in [2.75, 3.05) is 23.3 Å². The van der Waals surface area contributed by atoms with E-state index in [2.05, 4.69) is 32.3 Å². The van der Waals surface area contributed by atoms with E-state index >= 15 is 0 Å². The van der Waals surface area contributed by atoms with Gasteiger partial charge in [0.1, 0.15) is 23.7 Å². The normalized spacial score (nSPS) is 25.2. The number of rotatable bonds is 5. The molecule has 176 valence electrons. The fourth-order valence-corrected chi connectivity index (χ4v) is 5.18. The van der Waals surface area contributed by atoms with Crippen molar-refractivity contribution in [2.24, 2.45) is 11.8 Å². The third kappa shape index (κ3) is 4.30. The molecule has 1 aliphatic heterocycles.